The Kier molecular flexibility index (Phi) is 3.25. The molecule has 0 aliphatic carbocycles. The average Bonchev–Trinajstić information content (AvgIpc) is 2.81. The minimum absolute atomic E-state index is 0.373. The fraction of sp³-hybridized carbons (Fsp3) is 0.400. The molecule has 1 aromatic carbocycles. The van der Waals surface area contributed by atoms with E-state index in [0.717, 1.165) is 42.5 Å². The molecule has 0 bridgehead atoms. The Morgan fingerprint density at radius 3 is 3.00 bits per heavy atom. The van der Waals surface area contributed by atoms with Gasteiger partial charge in [0.1, 0.15) is 17.4 Å². The van der Waals surface area contributed by atoms with Gasteiger partial charge in [-0.3, -0.25) is 9.69 Å². The number of furan rings is 1. The number of nitrogens with zero attached hydrogens (tertiary/aromatic N) is 1. The molecule has 1 saturated heterocycles. The lowest BCUT2D eigenvalue weighted by Gasteiger charge is -2.31. The van der Waals surface area contributed by atoms with Crippen molar-refractivity contribution in [3.8, 4) is 0 Å². The van der Waals surface area contributed by atoms with E-state index < -0.39 is 5.97 Å². The number of aliphatic carboxylic acids is 1. The molecule has 0 saturated carbocycles. The van der Waals surface area contributed by atoms with Crippen LogP contribution in [0.2, 0.25) is 0 Å². The van der Waals surface area contributed by atoms with E-state index in [0.29, 0.717) is 6.54 Å². The van der Waals surface area contributed by atoms with Crippen LogP contribution in [-0.2, 0) is 11.3 Å². The van der Waals surface area contributed by atoms with Gasteiger partial charge in [-0.2, -0.15) is 0 Å². The molecule has 1 atom stereocenters. The molecule has 1 N–H and O–H groups in total. The van der Waals surface area contributed by atoms with Crippen LogP contribution in [-0.4, -0.2) is 28.6 Å². The summed E-state index contributed by atoms with van der Waals surface area (Å²) in [6, 6.07) is 9.49. The Labute approximate surface area is 111 Å². The molecule has 1 aliphatic heterocycles. The predicted molar refractivity (Wildman–Crippen MR) is 71.9 cm³/mol. The van der Waals surface area contributed by atoms with Gasteiger partial charge in [-0.1, -0.05) is 24.6 Å². The molecule has 0 unspecified atom stereocenters. The number of para-hydroxylation sites is 1. The lowest BCUT2D eigenvalue weighted by molar-refractivity contribution is -0.144. The third-order valence-electron chi connectivity index (χ3n) is 3.73. The van der Waals surface area contributed by atoms with Crippen LogP contribution in [0, 0.1) is 0 Å². The minimum atomic E-state index is -0.726. The van der Waals surface area contributed by atoms with Crippen molar-refractivity contribution in [2.24, 2.45) is 0 Å². The average molecular weight is 259 g/mol. The van der Waals surface area contributed by atoms with E-state index in [2.05, 4.69) is 0 Å². The van der Waals surface area contributed by atoms with Crippen molar-refractivity contribution in [2.75, 3.05) is 6.54 Å². The Bertz CT molecular complexity index is 557. The molecule has 1 fully saturated rings. The van der Waals surface area contributed by atoms with Gasteiger partial charge in [0.25, 0.3) is 0 Å². The van der Waals surface area contributed by atoms with Gasteiger partial charge in [0, 0.05) is 5.39 Å². The Balaban J connectivity index is 1.80. The van der Waals surface area contributed by atoms with Gasteiger partial charge in [0.05, 0.1) is 6.54 Å². The van der Waals surface area contributed by atoms with Crippen molar-refractivity contribution in [3.63, 3.8) is 0 Å². The first-order valence-electron chi connectivity index (χ1n) is 6.68. The van der Waals surface area contributed by atoms with Crippen LogP contribution in [0.15, 0.2) is 34.7 Å². The van der Waals surface area contributed by atoms with Gasteiger partial charge >= 0.3 is 5.97 Å². The summed E-state index contributed by atoms with van der Waals surface area (Å²) in [5, 5.41) is 10.3. The summed E-state index contributed by atoms with van der Waals surface area (Å²) in [6.45, 7) is 1.40. The van der Waals surface area contributed by atoms with E-state index in [9.17, 15) is 9.90 Å². The first-order chi connectivity index (χ1) is 9.24. The van der Waals surface area contributed by atoms with E-state index in [1.54, 1.807) is 0 Å². The number of rotatable bonds is 3. The Morgan fingerprint density at radius 1 is 1.37 bits per heavy atom. The van der Waals surface area contributed by atoms with Gasteiger partial charge in [-0.25, -0.2) is 0 Å². The maximum Gasteiger partial charge on any atom is 0.320 e. The fourth-order valence-corrected chi connectivity index (χ4v) is 2.77. The quantitative estimate of drug-likeness (QED) is 0.920. The van der Waals surface area contributed by atoms with Gasteiger partial charge in [0.2, 0.25) is 0 Å². The molecule has 0 amide bonds. The highest BCUT2D eigenvalue weighted by molar-refractivity contribution is 5.77. The van der Waals surface area contributed by atoms with Crippen molar-refractivity contribution >= 4 is 16.9 Å². The largest absolute Gasteiger partial charge is 0.480 e. The number of piperidine rings is 1. The van der Waals surface area contributed by atoms with E-state index in [4.69, 9.17) is 4.42 Å². The molecule has 2 heterocycles. The molecular formula is C15H17NO3. The summed E-state index contributed by atoms with van der Waals surface area (Å²) in [6.07, 6.45) is 2.78. The first-order valence-corrected chi connectivity index (χ1v) is 6.68. The predicted octanol–water partition coefficient (Wildman–Crippen LogP) is 2.87. The van der Waals surface area contributed by atoms with Crippen molar-refractivity contribution in [1.82, 2.24) is 4.90 Å². The normalized spacial score (nSPS) is 20.7. The number of carboxylic acid groups (broad SMARTS) is 1. The number of hydrogen-bond donors (Lipinski definition) is 1. The lowest BCUT2D eigenvalue weighted by atomic mass is 10.0. The fourth-order valence-electron chi connectivity index (χ4n) is 2.77. The van der Waals surface area contributed by atoms with Crippen molar-refractivity contribution in [1.29, 1.82) is 0 Å². The highest BCUT2D eigenvalue weighted by atomic mass is 16.4. The van der Waals surface area contributed by atoms with Crippen LogP contribution in [0.1, 0.15) is 25.0 Å². The molecule has 4 nitrogen and oxygen atoms in total. The molecule has 3 rings (SSSR count). The Morgan fingerprint density at radius 2 is 2.21 bits per heavy atom. The van der Waals surface area contributed by atoms with Crippen molar-refractivity contribution in [2.45, 2.75) is 31.8 Å². The number of carbonyl (C=O) groups is 1. The van der Waals surface area contributed by atoms with Crippen LogP contribution in [0.3, 0.4) is 0 Å². The summed E-state index contributed by atoms with van der Waals surface area (Å²) in [4.78, 5) is 13.3. The highest BCUT2D eigenvalue weighted by Crippen LogP contribution is 2.24. The molecule has 1 aromatic heterocycles. The molecular weight excluding hydrogens is 242 g/mol. The van der Waals surface area contributed by atoms with Gasteiger partial charge in [0.15, 0.2) is 0 Å². The van der Waals surface area contributed by atoms with Gasteiger partial charge in [-0.15, -0.1) is 0 Å². The van der Waals surface area contributed by atoms with Crippen molar-refractivity contribution in [3.05, 3.63) is 36.1 Å². The van der Waals surface area contributed by atoms with Crippen LogP contribution >= 0.6 is 0 Å². The summed E-state index contributed by atoms with van der Waals surface area (Å²) in [5.41, 5.74) is 0.862. The summed E-state index contributed by atoms with van der Waals surface area (Å²) >= 11 is 0. The van der Waals surface area contributed by atoms with E-state index in [-0.39, 0.29) is 6.04 Å². The molecule has 0 spiro atoms. The molecule has 2 aromatic rings. The number of likely N-dealkylation sites (tertiary alicyclic amines) is 1. The zero-order valence-corrected chi connectivity index (χ0v) is 10.7. The summed E-state index contributed by atoms with van der Waals surface area (Å²) < 4.78 is 5.76. The molecule has 1 aliphatic rings. The smallest absolute Gasteiger partial charge is 0.320 e. The van der Waals surface area contributed by atoms with Crippen LogP contribution in [0.25, 0.3) is 11.0 Å². The van der Waals surface area contributed by atoms with E-state index in [1.807, 2.05) is 35.2 Å². The van der Waals surface area contributed by atoms with E-state index in [1.165, 1.54) is 0 Å². The molecule has 100 valence electrons. The SMILES string of the molecule is O=C(O)[C@H]1CCCCN1Cc1cc2ccccc2o1. The first kappa shape index (κ1) is 12.2. The second-order valence-corrected chi connectivity index (χ2v) is 5.07. The van der Waals surface area contributed by atoms with Crippen molar-refractivity contribution < 1.29 is 14.3 Å². The van der Waals surface area contributed by atoms with Gasteiger partial charge < -0.3 is 9.52 Å². The van der Waals surface area contributed by atoms with Crippen LogP contribution < -0.4 is 0 Å². The minimum Gasteiger partial charge on any atom is -0.480 e. The number of fused-ring (bicyclic) bond motifs is 1. The number of carboxylic acids is 1. The monoisotopic (exact) mass is 259 g/mol. The second kappa shape index (κ2) is 5.05. The van der Waals surface area contributed by atoms with Crippen LogP contribution in [0.5, 0.6) is 0 Å². The van der Waals surface area contributed by atoms with E-state index >= 15 is 0 Å². The Hall–Kier alpha value is -1.81. The number of hydrogen-bond acceptors (Lipinski definition) is 3. The maximum absolute atomic E-state index is 11.3. The molecule has 19 heavy (non-hydrogen) atoms. The topological polar surface area (TPSA) is 53.7 Å². The maximum atomic E-state index is 11.3. The lowest BCUT2D eigenvalue weighted by Crippen LogP contribution is -2.43. The molecule has 4 heteroatoms. The second-order valence-electron chi connectivity index (χ2n) is 5.07. The number of benzene rings is 1. The zero-order chi connectivity index (χ0) is 13.2. The third-order valence-corrected chi connectivity index (χ3v) is 3.73. The zero-order valence-electron chi connectivity index (χ0n) is 10.7. The third kappa shape index (κ3) is 2.49. The van der Waals surface area contributed by atoms with Crippen LogP contribution in [0.4, 0.5) is 0 Å². The highest BCUT2D eigenvalue weighted by Gasteiger charge is 2.28. The standard InChI is InChI=1S/C15H17NO3/c17-15(18)13-6-3-4-8-16(13)10-12-9-11-5-1-2-7-14(11)19-12/h1-2,5,7,9,13H,3-4,6,8,10H2,(H,17,18)/t13-/m1/s1. The summed E-state index contributed by atoms with van der Waals surface area (Å²) in [7, 11) is 0. The van der Waals surface area contributed by atoms with Gasteiger partial charge in [-0.05, 0) is 31.5 Å². The summed E-state index contributed by atoms with van der Waals surface area (Å²) in [5.74, 6) is 0.116. The molecule has 0 radical (unpaired) electrons.